The third kappa shape index (κ3) is 5.38. The quantitative estimate of drug-likeness (QED) is 0.479. The molecule has 12 heteroatoms. The molecule has 9 nitrogen and oxygen atoms in total. The molecule has 0 saturated carbocycles. The van der Waals surface area contributed by atoms with Gasteiger partial charge in [-0.1, -0.05) is 53.6 Å². The van der Waals surface area contributed by atoms with E-state index in [0.29, 0.717) is 52.8 Å². The molecule has 5 rings (SSSR count). The predicted molar refractivity (Wildman–Crippen MR) is 158 cm³/mol. The van der Waals surface area contributed by atoms with Gasteiger partial charge in [0, 0.05) is 47.2 Å². The van der Waals surface area contributed by atoms with Crippen LogP contribution in [0.25, 0.3) is 0 Å². The molecule has 2 fully saturated rings. The zero-order valence-corrected chi connectivity index (χ0v) is 25.2. The molecule has 218 valence electrons. The van der Waals surface area contributed by atoms with Gasteiger partial charge in [0.2, 0.25) is 27.7 Å². The second kappa shape index (κ2) is 11.1. The fourth-order valence-corrected chi connectivity index (χ4v) is 7.92. The van der Waals surface area contributed by atoms with Crippen LogP contribution >= 0.6 is 23.2 Å². The highest BCUT2D eigenvalue weighted by Gasteiger charge is 2.63. The molecule has 0 aliphatic carbocycles. The molecular weight excluding hydrogens is 587 g/mol. The summed E-state index contributed by atoms with van der Waals surface area (Å²) in [5, 5.41) is 6.88. The smallest absolute Gasteiger partial charge is 0.239 e. The Balaban J connectivity index is 1.50. The van der Waals surface area contributed by atoms with E-state index in [0.717, 1.165) is 5.56 Å². The van der Waals surface area contributed by atoms with Crippen molar-refractivity contribution in [3.05, 3.63) is 75.8 Å². The Kier molecular flexibility index (Phi) is 7.97. The normalized spacial score (nSPS) is 25.2. The van der Waals surface area contributed by atoms with Crippen molar-refractivity contribution < 1.29 is 22.8 Å². The fourth-order valence-electron chi connectivity index (χ4n) is 6.68. The van der Waals surface area contributed by atoms with Crippen LogP contribution in [0.3, 0.4) is 0 Å². The number of sulfonamides is 1. The van der Waals surface area contributed by atoms with Gasteiger partial charge in [0.1, 0.15) is 12.0 Å². The van der Waals surface area contributed by atoms with Crippen LogP contribution in [0.1, 0.15) is 43.2 Å². The largest absolute Gasteiger partial charge is 0.352 e. The summed E-state index contributed by atoms with van der Waals surface area (Å²) in [4.78, 5) is 42.8. The van der Waals surface area contributed by atoms with Crippen molar-refractivity contribution in [2.45, 2.75) is 49.6 Å². The molecule has 3 aliphatic heterocycles. The molecule has 3 aliphatic rings. The number of fused-ring (bicyclic) bond motifs is 2. The number of amides is 3. The summed E-state index contributed by atoms with van der Waals surface area (Å²) in [6.07, 6.45) is 2.07. The minimum atomic E-state index is -3.30. The van der Waals surface area contributed by atoms with Gasteiger partial charge in [-0.25, -0.2) is 12.7 Å². The van der Waals surface area contributed by atoms with E-state index in [4.69, 9.17) is 23.2 Å². The van der Waals surface area contributed by atoms with Crippen molar-refractivity contribution >= 4 is 56.6 Å². The summed E-state index contributed by atoms with van der Waals surface area (Å²) >= 11 is 12.6. The van der Waals surface area contributed by atoms with Gasteiger partial charge in [0.15, 0.2) is 0 Å². The van der Waals surface area contributed by atoms with Crippen molar-refractivity contribution in [1.29, 1.82) is 0 Å². The number of hydrogen-bond donors (Lipinski definition) is 2. The first-order valence-electron chi connectivity index (χ1n) is 13.4. The first kappa shape index (κ1) is 29.6. The number of nitrogens with one attached hydrogen (secondary N) is 2. The number of carbonyl (C=O) groups is 3. The highest BCUT2D eigenvalue weighted by Crippen LogP contribution is 2.56. The van der Waals surface area contributed by atoms with Crippen LogP contribution < -0.4 is 10.6 Å². The average Bonchev–Trinajstić information content (AvgIpc) is 3.16. The Morgan fingerprint density at radius 1 is 1.12 bits per heavy atom. The number of benzene rings is 2. The van der Waals surface area contributed by atoms with Gasteiger partial charge in [-0.05, 0) is 55.2 Å². The molecule has 0 radical (unpaired) electrons. The van der Waals surface area contributed by atoms with Gasteiger partial charge in [-0.15, -0.1) is 0 Å². The van der Waals surface area contributed by atoms with Crippen LogP contribution in [0.4, 0.5) is 5.69 Å². The number of halogens is 2. The van der Waals surface area contributed by atoms with Gasteiger partial charge in [-0.3, -0.25) is 14.4 Å². The molecule has 0 bridgehead atoms. The van der Waals surface area contributed by atoms with Gasteiger partial charge in [-0.2, -0.15) is 0 Å². The van der Waals surface area contributed by atoms with E-state index in [9.17, 15) is 22.8 Å². The second-order valence-electron chi connectivity index (χ2n) is 11.1. The van der Waals surface area contributed by atoms with Crippen LogP contribution in [-0.2, 0) is 29.8 Å². The number of piperidine rings is 2. The van der Waals surface area contributed by atoms with Crippen LogP contribution in [0.2, 0.25) is 10.0 Å². The van der Waals surface area contributed by atoms with Gasteiger partial charge in [0.25, 0.3) is 0 Å². The van der Waals surface area contributed by atoms with Crippen LogP contribution in [0, 0.1) is 0 Å². The lowest BCUT2D eigenvalue weighted by molar-refractivity contribution is -0.147. The van der Waals surface area contributed by atoms with Crippen LogP contribution in [0.15, 0.2) is 54.6 Å². The highest BCUT2D eigenvalue weighted by molar-refractivity contribution is 7.88. The summed E-state index contributed by atoms with van der Waals surface area (Å²) in [5.41, 5.74) is 1.23. The van der Waals surface area contributed by atoms with Gasteiger partial charge in [0.05, 0.1) is 12.3 Å². The lowest BCUT2D eigenvalue weighted by atomic mass is 9.58. The summed E-state index contributed by atoms with van der Waals surface area (Å²) in [6, 6.07) is 11.3. The number of hydrogen-bond acceptors (Lipinski definition) is 5. The van der Waals surface area contributed by atoms with Gasteiger partial charge >= 0.3 is 0 Å². The SMILES string of the molecule is C=C(C)C1N(CC(=O)NC2CCN(S(C)(=O)=O)CC2)C(=O)CC(c2cccc(Cl)c2)C12C(=O)Nc1cc(Cl)ccc12. The van der Waals surface area contributed by atoms with Crippen molar-refractivity contribution in [3.8, 4) is 0 Å². The first-order valence-corrected chi connectivity index (χ1v) is 16.0. The standard InChI is InChI=1S/C29H32Cl2N4O5S/c1-17(2)27-29(22-8-7-20(31)14-24(22)33-28(29)38)23(18-5-4-6-19(30)13-18)15-26(37)35(27)16-25(36)32-21-9-11-34(12-10-21)41(3,39)40/h4-8,13-14,21,23,27H,1,9-12,15-16H2,2-3H3,(H,32,36)(H,33,38). The molecule has 0 aromatic heterocycles. The number of nitrogens with zero attached hydrogens (tertiary/aromatic N) is 2. The monoisotopic (exact) mass is 618 g/mol. The second-order valence-corrected chi connectivity index (χ2v) is 14.0. The molecule has 2 saturated heterocycles. The molecule has 41 heavy (non-hydrogen) atoms. The molecule has 2 aromatic carbocycles. The molecule has 3 heterocycles. The number of rotatable bonds is 6. The van der Waals surface area contributed by atoms with E-state index in [2.05, 4.69) is 17.2 Å². The fraction of sp³-hybridized carbons (Fsp3) is 0.414. The van der Waals surface area contributed by atoms with E-state index in [1.54, 1.807) is 43.3 Å². The maximum Gasteiger partial charge on any atom is 0.239 e. The van der Waals surface area contributed by atoms with Crippen molar-refractivity contribution in [2.75, 3.05) is 31.2 Å². The lowest BCUT2D eigenvalue weighted by Gasteiger charge is -2.51. The Labute approximate surface area is 249 Å². The minimum Gasteiger partial charge on any atom is -0.352 e. The van der Waals surface area contributed by atoms with Crippen molar-refractivity contribution in [1.82, 2.24) is 14.5 Å². The molecule has 2 N–H and O–H groups in total. The van der Waals surface area contributed by atoms with Crippen molar-refractivity contribution in [3.63, 3.8) is 0 Å². The summed E-state index contributed by atoms with van der Waals surface area (Å²) in [6.45, 7) is 6.29. The zero-order chi connectivity index (χ0) is 29.7. The third-order valence-corrected chi connectivity index (χ3v) is 10.1. The molecule has 2 aromatic rings. The Morgan fingerprint density at radius 3 is 2.44 bits per heavy atom. The molecule has 3 amide bonds. The summed E-state index contributed by atoms with van der Waals surface area (Å²) < 4.78 is 25.1. The number of anilines is 1. The predicted octanol–water partition coefficient (Wildman–Crippen LogP) is 3.68. The van der Waals surface area contributed by atoms with E-state index >= 15 is 0 Å². The molecule has 3 atom stereocenters. The van der Waals surface area contributed by atoms with Crippen LogP contribution in [0.5, 0.6) is 0 Å². The molecule has 3 unspecified atom stereocenters. The third-order valence-electron chi connectivity index (χ3n) is 8.36. The Morgan fingerprint density at radius 2 is 1.80 bits per heavy atom. The number of likely N-dealkylation sites (tertiary alicyclic amines) is 1. The molecular formula is C29H32Cl2N4O5S. The molecule has 1 spiro atoms. The first-order chi connectivity index (χ1) is 19.3. The average molecular weight is 620 g/mol. The van der Waals surface area contributed by atoms with E-state index < -0.39 is 27.4 Å². The maximum absolute atomic E-state index is 14.1. The topological polar surface area (TPSA) is 116 Å². The summed E-state index contributed by atoms with van der Waals surface area (Å²) in [5.74, 6) is -1.56. The van der Waals surface area contributed by atoms with E-state index in [-0.39, 0.29) is 36.7 Å². The van der Waals surface area contributed by atoms with E-state index in [1.165, 1.54) is 15.5 Å². The maximum atomic E-state index is 14.1. The van der Waals surface area contributed by atoms with E-state index in [1.807, 2.05) is 6.07 Å². The Hall–Kier alpha value is -2.92. The van der Waals surface area contributed by atoms with Crippen LogP contribution in [-0.4, -0.2) is 73.3 Å². The summed E-state index contributed by atoms with van der Waals surface area (Å²) in [7, 11) is -3.30. The zero-order valence-electron chi connectivity index (χ0n) is 22.8. The van der Waals surface area contributed by atoms with Gasteiger partial charge < -0.3 is 15.5 Å². The number of carbonyl (C=O) groups excluding carboxylic acids is 3. The Bertz CT molecular complexity index is 1540. The minimum absolute atomic E-state index is 0.0281. The van der Waals surface area contributed by atoms with Crippen molar-refractivity contribution in [2.24, 2.45) is 0 Å². The lowest BCUT2D eigenvalue weighted by Crippen LogP contribution is -2.65. The highest BCUT2D eigenvalue weighted by atomic mass is 35.5.